The lowest BCUT2D eigenvalue weighted by atomic mass is 10.1. The Morgan fingerprint density at radius 3 is 2.67 bits per heavy atom. The third-order valence-corrected chi connectivity index (χ3v) is 3.87. The fourth-order valence-corrected chi connectivity index (χ4v) is 2.40. The van der Waals surface area contributed by atoms with Crippen LogP contribution in [0.1, 0.15) is 28.7 Å². The molecule has 0 saturated heterocycles. The van der Waals surface area contributed by atoms with Gasteiger partial charge in [-0.25, -0.2) is 0 Å². The summed E-state index contributed by atoms with van der Waals surface area (Å²) in [6.07, 6.45) is 2.38. The van der Waals surface area contributed by atoms with E-state index < -0.39 is 0 Å². The van der Waals surface area contributed by atoms with E-state index in [1.807, 2.05) is 30.3 Å². The molecular formula is C19H17N7O. The summed E-state index contributed by atoms with van der Waals surface area (Å²) in [5.74, 6) is -0.0863. The van der Waals surface area contributed by atoms with E-state index in [1.54, 1.807) is 24.3 Å². The molecule has 0 unspecified atom stereocenters. The Morgan fingerprint density at radius 1 is 1.22 bits per heavy atom. The Hall–Kier alpha value is -3.99. The number of nitrogens with zero attached hydrogens (tertiary/aromatic N) is 4. The van der Waals surface area contributed by atoms with E-state index >= 15 is 0 Å². The molecule has 3 rings (SSSR count). The van der Waals surface area contributed by atoms with Gasteiger partial charge in [0, 0.05) is 11.9 Å². The Bertz CT molecular complexity index is 986. The number of H-pyrrole nitrogens is 1. The van der Waals surface area contributed by atoms with Crippen LogP contribution in [0.15, 0.2) is 54.7 Å². The molecule has 0 radical (unpaired) electrons. The lowest BCUT2D eigenvalue weighted by Crippen LogP contribution is -2.13. The summed E-state index contributed by atoms with van der Waals surface area (Å²) in [5, 5.41) is 28.3. The van der Waals surface area contributed by atoms with Gasteiger partial charge in [0.05, 0.1) is 11.3 Å². The second-order valence-corrected chi connectivity index (χ2v) is 5.60. The van der Waals surface area contributed by atoms with E-state index in [0.717, 1.165) is 6.42 Å². The second-order valence-electron chi connectivity index (χ2n) is 5.60. The zero-order chi connectivity index (χ0) is 19.1. The van der Waals surface area contributed by atoms with Crippen molar-refractivity contribution in [1.82, 2.24) is 20.6 Å². The second kappa shape index (κ2) is 8.40. The largest absolute Gasteiger partial charge is 0.360 e. The van der Waals surface area contributed by atoms with Crippen LogP contribution in [0, 0.1) is 11.3 Å². The minimum absolute atomic E-state index is 0.169. The van der Waals surface area contributed by atoms with Crippen LogP contribution < -0.4 is 10.6 Å². The molecule has 0 aliphatic heterocycles. The van der Waals surface area contributed by atoms with Gasteiger partial charge in [0.25, 0.3) is 5.91 Å². The fraction of sp³-hybridized carbons (Fsp3) is 0.105. The number of anilines is 2. The van der Waals surface area contributed by atoms with Crippen LogP contribution in [0.2, 0.25) is 0 Å². The summed E-state index contributed by atoms with van der Waals surface area (Å²) in [6.45, 7) is 2.08. The number of amides is 1. The van der Waals surface area contributed by atoms with Gasteiger partial charge in [-0.1, -0.05) is 31.2 Å². The number of carbonyl (C=O) groups excluding carboxylic acids is 1. The third-order valence-electron chi connectivity index (χ3n) is 3.87. The molecule has 8 heteroatoms. The molecule has 8 nitrogen and oxygen atoms in total. The number of allylic oxidation sites excluding steroid dienone is 1. The topological polar surface area (TPSA) is 119 Å². The van der Waals surface area contributed by atoms with Gasteiger partial charge in [0.2, 0.25) is 5.82 Å². The molecule has 1 aromatic heterocycles. The van der Waals surface area contributed by atoms with E-state index in [1.165, 1.54) is 11.8 Å². The number of nitrogens with one attached hydrogen (secondary N) is 3. The minimum Gasteiger partial charge on any atom is -0.360 e. The van der Waals surface area contributed by atoms with Crippen LogP contribution in [0.3, 0.4) is 0 Å². The summed E-state index contributed by atoms with van der Waals surface area (Å²) in [6, 6.07) is 16.7. The highest BCUT2D eigenvalue weighted by atomic mass is 16.1. The number of aromatic amines is 1. The van der Waals surface area contributed by atoms with Crippen molar-refractivity contribution in [3.63, 3.8) is 0 Å². The van der Waals surface area contributed by atoms with Crippen molar-refractivity contribution in [3.8, 4) is 6.07 Å². The average Bonchev–Trinajstić information content (AvgIpc) is 3.24. The highest BCUT2D eigenvalue weighted by Crippen LogP contribution is 2.19. The average molecular weight is 359 g/mol. The number of aryl methyl sites for hydroxylation is 1. The summed E-state index contributed by atoms with van der Waals surface area (Å²) in [5.41, 5.74) is 3.10. The van der Waals surface area contributed by atoms with E-state index in [9.17, 15) is 10.1 Å². The predicted molar refractivity (Wildman–Crippen MR) is 102 cm³/mol. The number of carbonyl (C=O) groups is 1. The molecule has 1 amide bonds. The first kappa shape index (κ1) is 17.8. The molecule has 0 aliphatic rings. The lowest BCUT2D eigenvalue weighted by Gasteiger charge is -2.10. The smallest absolute Gasteiger partial charge is 0.257 e. The number of hydrogen-bond donors (Lipinski definition) is 3. The Labute approximate surface area is 155 Å². The zero-order valence-electron chi connectivity index (χ0n) is 14.6. The third kappa shape index (κ3) is 4.35. The molecule has 0 spiro atoms. The summed E-state index contributed by atoms with van der Waals surface area (Å²) in [4.78, 5) is 12.7. The van der Waals surface area contributed by atoms with Gasteiger partial charge in [-0.15, -0.1) is 10.2 Å². The van der Waals surface area contributed by atoms with Crippen molar-refractivity contribution >= 4 is 22.9 Å². The van der Waals surface area contributed by atoms with Crippen LogP contribution in [-0.2, 0) is 6.42 Å². The highest BCUT2D eigenvalue weighted by molar-refractivity contribution is 6.08. The quantitative estimate of drug-likeness (QED) is 0.582. The number of benzene rings is 2. The summed E-state index contributed by atoms with van der Waals surface area (Å²) < 4.78 is 0. The van der Waals surface area contributed by atoms with Crippen molar-refractivity contribution in [2.75, 3.05) is 10.6 Å². The van der Waals surface area contributed by atoms with E-state index in [4.69, 9.17) is 0 Å². The monoisotopic (exact) mass is 359 g/mol. The number of para-hydroxylation sites is 1. The number of hydrogen-bond acceptors (Lipinski definition) is 6. The van der Waals surface area contributed by atoms with Crippen molar-refractivity contribution in [1.29, 1.82) is 5.26 Å². The van der Waals surface area contributed by atoms with Gasteiger partial charge in [-0.3, -0.25) is 4.79 Å². The minimum atomic E-state index is -0.256. The van der Waals surface area contributed by atoms with Gasteiger partial charge in [-0.2, -0.15) is 10.5 Å². The van der Waals surface area contributed by atoms with Crippen LogP contribution in [-0.4, -0.2) is 26.5 Å². The predicted octanol–water partition coefficient (Wildman–Crippen LogP) is 2.99. The summed E-state index contributed by atoms with van der Waals surface area (Å²) >= 11 is 0. The zero-order valence-corrected chi connectivity index (χ0v) is 14.6. The molecule has 27 heavy (non-hydrogen) atoms. The molecular weight excluding hydrogens is 342 g/mol. The molecule has 3 N–H and O–H groups in total. The lowest BCUT2D eigenvalue weighted by molar-refractivity contribution is 0.102. The maximum atomic E-state index is 12.7. The van der Waals surface area contributed by atoms with E-state index in [-0.39, 0.29) is 17.3 Å². The first-order valence-electron chi connectivity index (χ1n) is 8.31. The molecule has 3 aromatic rings. The van der Waals surface area contributed by atoms with Crippen molar-refractivity contribution in [3.05, 3.63) is 71.7 Å². The normalized spacial score (nSPS) is 10.9. The number of rotatable bonds is 6. The maximum absolute atomic E-state index is 12.7. The van der Waals surface area contributed by atoms with Crippen LogP contribution in [0.25, 0.3) is 5.57 Å². The number of aromatic nitrogens is 4. The molecule has 1 heterocycles. The highest BCUT2D eigenvalue weighted by Gasteiger charge is 2.12. The van der Waals surface area contributed by atoms with Gasteiger partial charge in [0.15, 0.2) is 0 Å². The van der Waals surface area contributed by atoms with Crippen molar-refractivity contribution in [2.24, 2.45) is 0 Å². The van der Waals surface area contributed by atoms with Crippen molar-refractivity contribution < 1.29 is 4.79 Å². The fourth-order valence-electron chi connectivity index (χ4n) is 2.40. The van der Waals surface area contributed by atoms with Gasteiger partial charge >= 0.3 is 0 Å². The first-order chi connectivity index (χ1) is 13.2. The molecule has 0 bridgehead atoms. The maximum Gasteiger partial charge on any atom is 0.257 e. The standard InChI is InChI=1S/C19H17N7O/c1-2-13-7-9-15(10-8-13)22-19(27)16-5-3-4-6-17(16)21-12-14(11-20)18-23-25-26-24-18/h3-10,12,21H,2H2,1H3,(H,22,27)(H,23,24,25,26). The van der Waals surface area contributed by atoms with Crippen LogP contribution in [0.5, 0.6) is 0 Å². The Balaban J connectivity index is 1.78. The number of nitriles is 1. The first-order valence-corrected chi connectivity index (χ1v) is 8.31. The van der Waals surface area contributed by atoms with Crippen LogP contribution in [0.4, 0.5) is 11.4 Å². The molecule has 0 atom stereocenters. The molecule has 0 aliphatic carbocycles. The van der Waals surface area contributed by atoms with E-state index in [2.05, 4.69) is 38.2 Å². The molecule has 0 fully saturated rings. The summed E-state index contributed by atoms with van der Waals surface area (Å²) in [7, 11) is 0. The molecule has 2 aromatic carbocycles. The molecule has 0 saturated carbocycles. The van der Waals surface area contributed by atoms with Gasteiger partial charge in [-0.05, 0) is 41.5 Å². The Kier molecular flexibility index (Phi) is 5.54. The van der Waals surface area contributed by atoms with Gasteiger partial charge < -0.3 is 10.6 Å². The van der Waals surface area contributed by atoms with Gasteiger partial charge in [0.1, 0.15) is 11.6 Å². The molecule has 134 valence electrons. The van der Waals surface area contributed by atoms with E-state index in [0.29, 0.717) is 16.9 Å². The SMILES string of the molecule is CCc1ccc(NC(=O)c2ccccc2NC=C(C#N)c2nn[nH]n2)cc1. The van der Waals surface area contributed by atoms with Crippen molar-refractivity contribution in [2.45, 2.75) is 13.3 Å². The number of tetrazole rings is 1. The Morgan fingerprint density at radius 2 is 2.00 bits per heavy atom. The van der Waals surface area contributed by atoms with Crippen LogP contribution >= 0.6 is 0 Å².